The van der Waals surface area contributed by atoms with Crippen molar-refractivity contribution in [2.75, 3.05) is 51.3 Å². The number of sulfonamides is 1. The second-order valence-corrected chi connectivity index (χ2v) is 9.75. The van der Waals surface area contributed by atoms with Crippen molar-refractivity contribution in [2.24, 2.45) is 0 Å². The zero-order valence-corrected chi connectivity index (χ0v) is 18.2. The van der Waals surface area contributed by atoms with Crippen LogP contribution in [0.3, 0.4) is 0 Å². The van der Waals surface area contributed by atoms with E-state index in [4.69, 9.17) is 4.74 Å². The van der Waals surface area contributed by atoms with E-state index >= 15 is 0 Å². The Morgan fingerprint density at radius 3 is 2.63 bits per heavy atom. The van der Waals surface area contributed by atoms with Gasteiger partial charge in [0.2, 0.25) is 10.0 Å². The molecule has 2 aromatic rings. The van der Waals surface area contributed by atoms with Crippen LogP contribution in [0.2, 0.25) is 0 Å². The number of morpholine rings is 1. The zero-order valence-electron chi connectivity index (χ0n) is 17.4. The second kappa shape index (κ2) is 8.63. The predicted molar refractivity (Wildman–Crippen MR) is 115 cm³/mol. The molecule has 0 aromatic heterocycles. The molecular weight excluding hydrogens is 405 g/mol. The van der Waals surface area contributed by atoms with Gasteiger partial charge in [-0.3, -0.25) is 4.90 Å². The molecule has 4 rings (SSSR count). The Morgan fingerprint density at radius 1 is 1.13 bits per heavy atom. The van der Waals surface area contributed by atoms with Crippen LogP contribution in [0.4, 0.5) is 10.1 Å². The maximum atomic E-state index is 13.6. The van der Waals surface area contributed by atoms with Gasteiger partial charge >= 0.3 is 0 Å². The van der Waals surface area contributed by atoms with Gasteiger partial charge in [0.25, 0.3) is 0 Å². The minimum atomic E-state index is -3.74. The topological polar surface area (TPSA) is 61.9 Å². The van der Waals surface area contributed by atoms with E-state index in [1.807, 2.05) is 0 Å². The van der Waals surface area contributed by atoms with E-state index in [0.29, 0.717) is 18.8 Å². The number of ether oxygens (including phenoxy) is 1. The average Bonchev–Trinajstić information content (AvgIpc) is 3.11. The van der Waals surface area contributed by atoms with Crippen molar-refractivity contribution in [2.45, 2.75) is 24.3 Å². The van der Waals surface area contributed by atoms with Crippen LogP contribution in [0.15, 0.2) is 41.3 Å². The van der Waals surface area contributed by atoms with Crippen molar-refractivity contribution < 1.29 is 17.5 Å². The van der Waals surface area contributed by atoms with E-state index in [2.05, 4.69) is 39.8 Å². The molecule has 1 atom stereocenters. The Morgan fingerprint density at radius 2 is 1.90 bits per heavy atom. The van der Waals surface area contributed by atoms with E-state index in [-0.39, 0.29) is 17.5 Å². The highest BCUT2D eigenvalue weighted by molar-refractivity contribution is 7.89. The summed E-state index contributed by atoms with van der Waals surface area (Å²) in [6.45, 7) is 5.57. The van der Waals surface area contributed by atoms with E-state index in [1.54, 1.807) is 6.92 Å². The molecule has 0 amide bonds. The largest absolute Gasteiger partial charge is 0.379 e. The lowest BCUT2D eigenvalue weighted by Crippen LogP contribution is -2.43. The summed E-state index contributed by atoms with van der Waals surface area (Å²) in [5.41, 5.74) is 3.95. The number of rotatable bonds is 6. The Labute approximate surface area is 177 Å². The first kappa shape index (κ1) is 21.2. The minimum Gasteiger partial charge on any atom is -0.379 e. The van der Waals surface area contributed by atoms with Crippen LogP contribution >= 0.6 is 0 Å². The molecule has 162 valence electrons. The van der Waals surface area contributed by atoms with Gasteiger partial charge in [0.15, 0.2) is 0 Å². The third-order valence-electron chi connectivity index (χ3n) is 6.01. The highest BCUT2D eigenvalue weighted by atomic mass is 32.2. The predicted octanol–water partition coefficient (Wildman–Crippen LogP) is 2.48. The summed E-state index contributed by atoms with van der Waals surface area (Å²) in [6.07, 6.45) is 0.996. The van der Waals surface area contributed by atoms with E-state index in [0.717, 1.165) is 31.6 Å². The van der Waals surface area contributed by atoms with Crippen molar-refractivity contribution in [1.29, 1.82) is 0 Å². The van der Waals surface area contributed by atoms with Crippen molar-refractivity contribution in [3.63, 3.8) is 0 Å². The molecule has 2 aromatic carbocycles. The van der Waals surface area contributed by atoms with Gasteiger partial charge in [0.1, 0.15) is 5.82 Å². The van der Waals surface area contributed by atoms with Gasteiger partial charge in [0, 0.05) is 45.0 Å². The van der Waals surface area contributed by atoms with E-state index < -0.39 is 15.8 Å². The van der Waals surface area contributed by atoms with Crippen LogP contribution in [-0.2, 0) is 21.2 Å². The van der Waals surface area contributed by atoms with Gasteiger partial charge in [-0.05, 0) is 54.3 Å². The van der Waals surface area contributed by atoms with Crippen molar-refractivity contribution in [3.05, 3.63) is 58.9 Å². The number of hydrogen-bond acceptors (Lipinski definition) is 5. The molecule has 8 heteroatoms. The Kier molecular flexibility index (Phi) is 6.11. The normalized spacial score (nSPS) is 18.4. The molecule has 1 saturated heterocycles. The van der Waals surface area contributed by atoms with Gasteiger partial charge in [0.05, 0.1) is 18.1 Å². The average molecular weight is 434 g/mol. The number of aryl methyl sites for hydroxylation is 1. The lowest BCUT2D eigenvalue weighted by molar-refractivity contribution is 0.0172. The Bertz CT molecular complexity index is 1020. The number of nitrogens with one attached hydrogen (secondary N) is 1. The second-order valence-electron chi connectivity index (χ2n) is 7.99. The summed E-state index contributed by atoms with van der Waals surface area (Å²) in [4.78, 5) is 4.59. The number of likely N-dealkylation sites (N-methyl/N-ethyl adjacent to an activating group) is 1. The standard InChI is InChI=1S/C22H28FN3O3S/c1-16-13-19(4-5-20(16)23)30(27,28)24-15-22(26-9-11-29-12-10-26)17-3-6-21-18(14-17)7-8-25(21)2/h3-6,13-14,22,24H,7-12,15H2,1-2H3/t22-/m0/s1. The summed E-state index contributed by atoms with van der Waals surface area (Å²) in [5.74, 6) is -0.414. The molecule has 6 nitrogen and oxygen atoms in total. The molecule has 0 spiro atoms. The molecule has 0 unspecified atom stereocenters. The molecule has 30 heavy (non-hydrogen) atoms. The number of nitrogens with zero attached hydrogens (tertiary/aromatic N) is 2. The number of hydrogen-bond donors (Lipinski definition) is 1. The smallest absolute Gasteiger partial charge is 0.240 e. The van der Waals surface area contributed by atoms with Gasteiger partial charge in [-0.25, -0.2) is 17.5 Å². The maximum Gasteiger partial charge on any atom is 0.240 e. The molecule has 0 saturated carbocycles. The first-order valence-corrected chi connectivity index (χ1v) is 11.7. The van der Waals surface area contributed by atoms with Crippen LogP contribution < -0.4 is 9.62 Å². The lowest BCUT2D eigenvalue weighted by atomic mass is 10.0. The fraction of sp³-hybridized carbons (Fsp3) is 0.455. The molecular formula is C22H28FN3O3S. The minimum absolute atomic E-state index is 0.0812. The summed E-state index contributed by atoms with van der Waals surface area (Å²) in [6, 6.07) is 10.2. The Hall–Kier alpha value is -2.00. The molecule has 2 aliphatic rings. The fourth-order valence-corrected chi connectivity index (χ4v) is 5.32. The van der Waals surface area contributed by atoms with Gasteiger partial charge in [-0.2, -0.15) is 0 Å². The van der Waals surface area contributed by atoms with Crippen LogP contribution in [0.1, 0.15) is 22.7 Å². The maximum absolute atomic E-state index is 13.6. The fourth-order valence-electron chi connectivity index (χ4n) is 4.20. The van der Waals surface area contributed by atoms with E-state index in [9.17, 15) is 12.8 Å². The zero-order chi connectivity index (χ0) is 21.3. The number of fused-ring (bicyclic) bond motifs is 1. The molecule has 0 aliphatic carbocycles. The summed E-state index contributed by atoms with van der Waals surface area (Å²) < 4.78 is 47.5. The number of benzene rings is 2. The molecule has 2 aliphatic heterocycles. The van der Waals surface area contributed by atoms with Gasteiger partial charge in [-0.1, -0.05) is 12.1 Å². The highest BCUT2D eigenvalue weighted by Gasteiger charge is 2.27. The van der Waals surface area contributed by atoms with Gasteiger partial charge in [-0.15, -0.1) is 0 Å². The van der Waals surface area contributed by atoms with Crippen LogP contribution in [0, 0.1) is 12.7 Å². The van der Waals surface area contributed by atoms with Crippen molar-refractivity contribution in [1.82, 2.24) is 9.62 Å². The summed E-state index contributed by atoms with van der Waals surface area (Å²) in [7, 11) is -1.66. The van der Waals surface area contributed by atoms with Crippen molar-refractivity contribution in [3.8, 4) is 0 Å². The Balaban J connectivity index is 1.58. The molecule has 1 N–H and O–H groups in total. The monoisotopic (exact) mass is 433 g/mol. The van der Waals surface area contributed by atoms with E-state index in [1.165, 1.54) is 29.4 Å². The van der Waals surface area contributed by atoms with Crippen molar-refractivity contribution >= 4 is 15.7 Å². The third-order valence-corrected chi connectivity index (χ3v) is 7.43. The molecule has 0 radical (unpaired) electrons. The summed E-state index contributed by atoms with van der Waals surface area (Å²) >= 11 is 0. The molecule has 1 fully saturated rings. The third kappa shape index (κ3) is 4.37. The number of anilines is 1. The van der Waals surface area contributed by atoms with Crippen LogP contribution in [0.5, 0.6) is 0 Å². The SMILES string of the molecule is Cc1cc(S(=O)(=O)NC[C@@H](c2ccc3c(c2)CCN3C)N2CCOCC2)ccc1F. The number of halogens is 1. The quantitative estimate of drug-likeness (QED) is 0.759. The first-order chi connectivity index (χ1) is 14.3. The highest BCUT2D eigenvalue weighted by Crippen LogP contribution is 2.31. The van der Waals surface area contributed by atoms with Gasteiger partial charge < -0.3 is 9.64 Å². The first-order valence-electron chi connectivity index (χ1n) is 10.3. The molecule has 0 bridgehead atoms. The lowest BCUT2D eigenvalue weighted by Gasteiger charge is -2.35. The molecule has 2 heterocycles. The van der Waals surface area contributed by atoms with Crippen LogP contribution in [-0.4, -0.2) is 59.8 Å². The van der Waals surface area contributed by atoms with Crippen LogP contribution in [0.25, 0.3) is 0 Å². The summed E-state index contributed by atoms with van der Waals surface area (Å²) in [5, 5.41) is 0.